The largest absolute Gasteiger partial charge is 0.381 e. The monoisotopic (exact) mass is 458 g/mol. The number of hydrogen-bond acceptors (Lipinski definition) is 5. The Balaban J connectivity index is 3.43. The molecule has 2 atom stereocenters. The van der Waals surface area contributed by atoms with Crippen LogP contribution in [0.25, 0.3) is 0 Å². The number of nitrogens with one attached hydrogen (secondary N) is 1. The van der Waals surface area contributed by atoms with Gasteiger partial charge in [-0.15, -0.1) is 0 Å². The fraction of sp³-hybridized carbons (Fsp3) is 1.00. The molecule has 0 aromatic rings. The number of ether oxygens (including phenoxy) is 3. The molecule has 0 radical (unpaired) electrons. The molecule has 0 spiro atoms. The topological polar surface area (TPSA) is 43.0 Å². The number of rotatable bonds is 26. The summed E-state index contributed by atoms with van der Waals surface area (Å²) in [6, 6.07) is 0. The summed E-state index contributed by atoms with van der Waals surface area (Å²) in [4.78, 5) is 2.41. The van der Waals surface area contributed by atoms with E-state index in [2.05, 4.69) is 45.0 Å². The maximum atomic E-state index is 5.78. The van der Waals surface area contributed by atoms with Crippen molar-refractivity contribution in [1.82, 2.24) is 10.2 Å². The molecule has 0 aliphatic rings. The van der Waals surface area contributed by atoms with Gasteiger partial charge in [0.05, 0.1) is 19.8 Å². The predicted molar refractivity (Wildman–Crippen MR) is 139 cm³/mol. The molecule has 0 heterocycles. The maximum Gasteiger partial charge on any atom is 0.0701 e. The van der Waals surface area contributed by atoms with Gasteiger partial charge in [-0.25, -0.2) is 0 Å². The van der Waals surface area contributed by atoms with Gasteiger partial charge in [-0.1, -0.05) is 53.4 Å². The standard InChI is InChI=1S/C27H58N2O3/c1-6-8-19-31-23-24-32-22-18-29(5)25-27(4)15-14-26(3)13-9-11-20-30-21-12-10-17-28-16-7-2/h26-28H,6-25H2,1-5H3. The van der Waals surface area contributed by atoms with Gasteiger partial charge in [0.1, 0.15) is 0 Å². The first kappa shape index (κ1) is 31.8. The van der Waals surface area contributed by atoms with E-state index in [4.69, 9.17) is 14.2 Å². The van der Waals surface area contributed by atoms with Crippen LogP contribution < -0.4 is 5.32 Å². The molecule has 0 saturated carbocycles. The van der Waals surface area contributed by atoms with E-state index in [1.807, 2.05) is 0 Å². The van der Waals surface area contributed by atoms with Crippen molar-refractivity contribution in [3.8, 4) is 0 Å². The van der Waals surface area contributed by atoms with E-state index >= 15 is 0 Å². The average molecular weight is 459 g/mol. The second kappa shape index (κ2) is 25.4. The van der Waals surface area contributed by atoms with Crippen LogP contribution in [0.2, 0.25) is 0 Å². The summed E-state index contributed by atoms with van der Waals surface area (Å²) in [6.07, 6.45) is 12.5. The molecule has 0 rings (SSSR count). The smallest absolute Gasteiger partial charge is 0.0701 e. The number of hydrogen-bond donors (Lipinski definition) is 1. The molecule has 5 nitrogen and oxygen atoms in total. The second-order valence-corrected chi connectivity index (χ2v) is 9.69. The van der Waals surface area contributed by atoms with Gasteiger partial charge >= 0.3 is 0 Å². The highest BCUT2D eigenvalue weighted by molar-refractivity contribution is 4.63. The van der Waals surface area contributed by atoms with Gasteiger partial charge in [-0.3, -0.25) is 0 Å². The molecule has 0 saturated heterocycles. The van der Waals surface area contributed by atoms with Crippen molar-refractivity contribution in [2.24, 2.45) is 11.8 Å². The average Bonchev–Trinajstić information content (AvgIpc) is 2.77. The Morgan fingerprint density at radius 3 is 1.97 bits per heavy atom. The van der Waals surface area contributed by atoms with E-state index in [-0.39, 0.29) is 0 Å². The zero-order chi connectivity index (χ0) is 23.7. The molecule has 0 aromatic heterocycles. The maximum absolute atomic E-state index is 5.78. The second-order valence-electron chi connectivity index (χ2n) is 9.69. The molecule has 5 heteroatoms. The Bertz CT molecular complexity index is 358. The summed E-state index contributed by atoms with van der Waals surface area (Å²) >= 11 is 0. The van der Waals surface area contributed by atoms with Crippen LogP contribution in [0.3, 0.4) is 0 Å². The third kappa shape index (κ3) is 24.4. The lowest BCUT2D eigenvalue weighted by atomic mass is 9.94. The first-order valence-corrected chi connectivity index (χ1v) is 13.7. The quantitative estimate of drug-likeness (QED) is 0.167. The van der Waals surface area contributed by atoms with E-state index in [9.17, 15) is 0 Å². The first-order valence-electron chi connectivity index (χ1n) is 13.7. The van der Waals surface area contributed by atoms with E-state index in [0.29, 0.717) is 6.61 Å². The minimum Gasteiger partial charge on any atom is -0.381 e. The molecule has 32 heavy (non-hydrogen) atoms. The lowest BCUT2D eigenvalue weighted by Gasteiger charge is -2.22. The Kier molecular flexibility index (Phi) is 25.3. The molecule has 0 aliphatic carbocycles. The Morgan fingerprint density at radius 2 is 1.25 bits per heavy atom. The van der Waals surface area contributed by atoms with E-state index in [1.165, 1.54) is 57.8 Å². The summed E-state index contributed by atoms with van der Waals surface area (Å²) < 4.78 is 17.0. The molecular formula is C27H58N2O3. The van der Waals surface area contributed by atoms with Gasteiger partial charge in [0.15, 0.2) is 0 Å². The Hall–Kier alpha value is -0.200. The molecule has 0 bridgehead atoms. The van der Waals surface area contributed by atoms with E-state index in [1.54, 1.807) is 0 Å². The van der Waals surface area contributed by atoms with Gasteiger partial charge in [0.2, 0.25) is 0 Å². The molecule has 0 aliphatic heterocycles. The molecule has 0 amide bonds. The zero-order valence-electron chi connectivity index (χ0n) is 22.5. The fourth-order valence-electron chi connectivity index (χ4n) is 3.77. The number of unbranched alkanes of at least 4 members (excludes halogenated alkanes) is 3. The third-order valence-corrected chi connectivity index (χ3v) is 5.96. The summed E-state index contributed by atoms with van der Waals surface area (Å²) in [5.74, 6) is 1.57. The lowest BCUT2D eigenvalue weighted by molar-refractivity contribution is 0.0389. The highest BCUT2D eigenvalue weighted by atomic mass is 16.5. The van der Waals surface area contributed by atoms with Crippen LogP contribution in [-0.4, -0.2) is 77.8 Å². The van der Waals surface area contributed by atoms with Crippen molar-refractivity contribution in [2.45, 2.75) is 91.9 Å². The van der Waals surface area contributed by atoms with Crippen LogP contribution in [0.5, 0.6) is 0 Å². The van der Waals surface area contributed by atoms with E-state index in [0.717, 1.165) is 77.5 Å². The van der Waals surface area contributed by atoms with Crippen LogP contribution in [0, 0.1) is 11.8 Å². The van der Waals surface area contributed by atoms with E-state index < -0.39 is 0 Å². The van der Waals surface area contributed by atoms with Gasteiger partial charge in [0.25, 0.3) is 0 Å². The Labute approximate surface area is 201 Å². The SMILES string of the molecule is CCCCOCCOCCN(C)CC(C)CCC(C)CCCCOCCCCNCCC. The first-order chi connectivity index (χ1) is 15.6. The van der Waals surface area contributed by atoms with Crippen LogP contribution in [-0.2, 0) is 14.2 Å². The van der Waals surface area contributed by atoms with Crippen LogP contribution in [0.15, 0.2) is 0 Å². The molecule has 194 valence electrons. The van der Waals surface area contributed by atoms with Crippen LogP contribution in [0.1, 0.15) is 91.9 Å². The van der Waals surface area contributed by atoms with Gasteiger partial charge in [0, 0.05) is 32.9 Å². The van der Waals surface area contributed by atoms with Crippen LogP contribution in [0.4, 0.5) is 0 Å². The van der Waals surface area contributed by atoms with Crippen molar-refractivity contribution in [3.63, 3.8) is 0 Å². The third-order valence-electron chi connectivity index (χ3n) is 5.96. The number of likely N-dealkylation sites (N-methyl/N-ethyl adjacent to an activating group) is 1. The van der Waals surface area contributed by atoms with Gasteiger partial charge in [-0.2, -0.15) is 0 Å². The molecule has 1 N–H and O–H groups in total. The van der Waals surface area contributed by atoms with Gasteiger partial charge < -0.3 is 24.4 Å². The van der Waals surface area contributed by atoms with Crippen molar-refractivity contribution in [2.75, 3.05) is 72.9 Å². The highest BCUT2D eigenvalue weighted by Crippen LogP contribution is 2.18. The van der Waals surface area contributed by atoms with Crippen LogP contribution >= 0.6 is 0 Å². The molecule has 0 fully saturated rings. The van der Waals surface area contributed by atoms with Crippen molar-refractivity contribution >= 4 is 0 Å². The van der Waals surface area contributed by atoms with Crippen molar-refractivity contribution < 1.29 is 14.2 Å². The molecule has 0 aromatic carbocycles. The predicted octanol–water partition coefficient (Wildman–Crippen LogP) is 5.77. The summed E-state index contributed by atoms with van der Waals surface area (Å²) in [5, 5.41) is 3.44. The number of nitrogens with zero attached hydrogens (tertiary/aromatic N) is 1. The van der Waals surface area contributed by atoms with Crippen molar-refractivity contribution in [1.29, 1.82) is 0 Å². The summed E-state index contributed by atoms with van der Waals surface area (Å²) in [6.45, 7) is 18.6. The van der Waals surface area contributed by atoms with Crippen molar-refractivity contribution in [3.05, 3.63) is 0 Å². The minimum atomic E-state index is 0.714. The Morgan fingerprint density at radius 1 is 0.625 bits per heavy atom. The summed E-state index contributed by atoms with van der Waals surface area (Å²) in [7, 11) is 2.21. The summed E-state index contributed by atoms with van der Waals surface area (Å²) in [5.41, 5.74) is 0. The zero-order valence-corrected chi connectivity index (χ0v) is 22.5. The van der Waals surface area contributed by atoms with Gasteiger partial charge in [-0.05, 0) is 70.5 Å². The normalized spacial score (nSPS) is 13.7. The fourth-order valence-corrected chi connectivity index (χ4v) is 3.77. The molecule has 2 unspecified atom stereocenters. The lowest BCUT2D eigenvalue weighted by Crippen LogP contribution is -2.28. The molecular weight excluding hydrogens is 400 g/mol. The highest BCUT2D eigenvalue weighted by Gasteiger charge is 2.09. The minimum absolute atomic E-state index is 0.714.